The third kappa shape index (κ3) is 6.91. The van der Waals surface area contributed by atoms with Crippen LogP contribution in [0.1, 0.15) is 76.8 Å². The molecule has 2 aliphatic carbocycles. The second kappa shape index (κ2) is 11.5. The van der Waals surface area contributed by atoms with Crippen LogP contribution >= 0.6 is 0 Å². The summed E-state index contributed by atoms with van der Waals surface area (Å²) in [4.78, 5) is 12.0. The average molecular weight is 501 g/mol. The number of fused-ring (bicyclic) bond motifs is 2. The summed E-state index contributed by atoms with van der Waals surface area (Å²) in [7, 11) is 0. The number of benzene rings is 1. The van der Waals surface area contributed by atoms with Gasteiger partial charge in [0.1, 0.15) is 5.75 Å². The van der Waals surface area contributed by atoms with E-state index in [1.54, 1.807) is 6.07 Å². The van der Waals surface area contributed by atoms with Gasteiger partial charge in [-0.25, -0.2) is 4.79 Å². The summed E-state index contributed by atoms with van der Waals surface area (Å²) < 4.78 is 49.2. The first kappa shape index (κ1) is 27.8. The molecular weight excluding hydrogens is 461 g/mol. The van der Waals surface area contributed by atoms with Gasteiger partial charge >= 0.3 is 12.1 Å². The van der Waals surface area contributed by atoms with E-state index in [0.29, 0.717) is 30.9 Å². The van der Waals surface area contributed by atoms with Crippen molar-refractivity contribution in [2.45, 2.75) is 103 Å². The molecule has 198 valence electrons. The number of rotatable bonds is 11. The topological polar surface area (TPSA) is 76.0 Å². The molecule has 0 bridgehead atoms. The zero-order valence-electron chi connectivity index (χ0n) is 20.9. The molecule has 35 heavy (non-hydrogen) atoms. The van der Waals surface area contributed by atoms with Gasteiger partial charge in [-0.2, -0.15) is 13.2 Å². The van der Waals surface area contributed by atoms with E-state index in [1.165, 1.54) is 0 Å². The van der Waals surface area contributed by atoms with Crippen molar-refractivity contribution in [3.8, 4) is 5.75 Å². The lowest BCUT2D eigenvalue weighted by atomic mass is 9.73. The maximum atomic E-state index is 13.0. The molecule has 3 rings (SSSR count). The first-order chi connectivity index (χ1) is 16.4. The van der Waals surface area contributed by atoms with Gasteiger partial charge in [0.2, 0.25) is 5.60 Å². The molecule has 5 unspecified atom stereocenters. The second-order valence-electron chi connectivity index (χ2n) is 10.7. The number of halogens is 3. The number of unbranched alkanes of at least 4 members (excludes halogenated alkanes) is 2. The summed E-state index contributed by atoms with van der Waals surface area (Å²) in [6, 6.07) is 5.54. The Hall–Kier alpha value is -1.80. The van der Waals surface area contributed by atoms with E-state index in [0.717, 1.165) is 63.5 Å². The molecule has 0 amide bonds. The number of hydrogen-bond donors (Lipinski definition) is 2. The molecule has 5 atom stereocenters. The fourth-order valence-corrected chi connectivity index (χ4v) is 5.61. The van der Waals surface area contributed by atoms with Crippen LogP contribution < -0.4 is 4.74 Å². The Kier molecular flexibility index (Phi) is 9.13. The number of carbonyl (C=O) groups is 1. The largest absolute Gasteiger partial charge is 0.482 e. The molecule has 0 spiro atoms. The molecule has 0 aliphatic heterocycles. The fourth-order valence-electron chi connectivity index (χ4n) is 5.61. The van der Waals surface area contributed by atoms with Gasteiger partial charge in [0.25, 0.3) is 0 Å². The van der Waals surface area contributed by atoms with Gasteiger partial charge in [0.15, 0.2) is 6.61 Å². The molecule has 1 aromatic carbocycles. The highest BCUT2D eigenvalue weighted by Crippen LogP contribution is 2.48. The van der Waals surface area contributed by atoms with Crippen LogP contribution in [0.3, 0.4) is 0 Å². The smallest absolute Gasteiger partial charge is 0.427 e. The Balaban J connectivity index is 1.60. The van der Waals surface area contributed by atoms with E-state index in [4.69, 9.17) is 4.74 Å². The number of alkyl halides is 3. The fraction of sp³-hybridized carbons (Fsp3) is 0.741. The van der Waals surface area contributed by atoms with Crippen LogP contribution in [0.4, 0.5) is 13.2 Å². The highest BCUT2D eigenvalue weighted by molar-refractivity contribution is 5.71. The maximum Gasteiger partial charge on any atom is 0.427 e. The Labute approximate surface area is 206 Å². The molecule has 1 aromatic rings. The summed E-state index contributed by atoms with van der Waals surface area (Å²) in [5.41, 5.74) is -0.561. The summed E-state index contributed by atoms with van der Waals surface area (Å²) in [6.45, 7) is 3.15. The van der Waals surface area contributed by atoms with Gasteiger partial charge in [0, 0.05) is 0 Å². The van der Waals surface area contributed by atoms with Gasteiger partial charge in [-0.15, -0.1) is 0 Å². The molecule has 0 saturated heterocycles. The van der Waals surface area contributed by atoms with E-state index >= 15 is 0 Å². The number of hydrogen-bond acceptors (Lipinski definition) is 5. The molecule has 1 saturated carbocycles. The lowest BCUT2D eigenvalue weighted by Crippen LogP contribution is -2.44. The van der Waals surface area contributed by atoms with E-state index < -0.39 is 30.5 Å². The van der Waals surface area contributed by atoms with E-state index in [2.05, 4.69) is 11.7 Å². The number of esters is 1. The summed E-state index contributed by atoms with van der Waals surface area (Å²) in [6.07, 6.45) is 2.28. The van der Waals surface area contributed by atoms with Gasteiger partial charge in [-0.05, 0) is 87.3 Å². The second-order valence-corrected chi connectivity index (χ2v) is 10.7. The minimum absolute atomic E-state index is 0.137. The average Bonchev–Trinajstić information content (AvgIpc) is 3.07. The van der Waals surface area contributed by atoms with Crippen LogP contribution in [-0.2, 0) is 22.4 Å². The van der Waals surface area contributed by atoms with Crippen LogP contribution in [-0.4, -0.2) is 46.8 Å². The Morgan fingerprint density at radius 2 is 1.91 bits per heavy atom. The molecule has 0 radical (unpaired) electrons. The molecule has 5 nitrogen and oxygen atoms in total. The van der Waals surface area contributed by atoms with Gasteiger partial charge < -0.3 is 19.7 Å². The SMILES string of the molecule is CCCCCC(O)CCC1C(O)CC2Cc3c(cccc3OCC(=O)OC(C)(C)C(F)(F)F)CC21. The molecular formula is C27H39F3O5. The maximum absolute atomic E-state index is 13.0. The number of ether oxygens (including phenoxy) is 2. The molecule has 0 heterocycles. The zero-order valence-corrected chi connectivity index (χ0v) is 20.9. The minimum Gasteiger partial charge on any atom is -0.482 e. The summed E-state index contributed by atoms with van der Waals surface area (Å²) >= 11 is 0. The van der Waals surface area contributed by atoms with Crippen molar-refractivity contribution in [1.29, 1.82) is 0 Å². The summed E-state index contributed by atoms with van der Waals surface area (Å²) in [5.74, 6) is 0.117. The van der Waals surface area contributed by atoms with Crippen molar-refractivity contribution in [2.24, 2.45) is 17.8 Å². The predicted octanol–water partition coefficient (Wildman–Crippen LogP) is 5.38. The normalized spacial score (nSPS) is 25.0. The third-order valence-corrected chi connectivity index (χ3v) is 7.72. The molecule has 2 N–H and O–H groups in total. The highest BCUT2D eigenvalue weighted by atomic mass is 19.4. The van der Waals surface area contributed by atoms with Crippen LogP contribution in [0.15, 0.2) is 18.2 Å². The van der Waals surface area contributed by atoms with Crippen LogP contribution in [0, 0.1) is 17.8 Å². The van der Waals surface area contributed by atoms with E-state index in [1.807, 2.05) is 12.1 Å². The standard InChI is InChI=1S/C27H39F3O5/c1-4-5-6-9-19(31)11-12-20-21-13-17-8-7-10-24(22(17)14-18(21)15-23(20)32)34-16-25(33)35-26(2,3)27(28,29)30/h7-8,10,18-21,23,31-32H,4-6,9,11-16H2,1-3H3. The molecule has 0 aromatic heterocycles. The predicted molar refractivity (Wildman–Crippen MR) is 126 cm³/mol. The third-order valence-electron chi connectivity index (χ3n) is 7.72. The van der Waals surface area contributed by atoms with Gasteiger partial charge in [-0.3, -0.25) is 0 Å². The van der Waals surface area contributed by atoms with Gasteiger partial charge in [0.05, 0.1) is 12.2 Å². The lowest BCUT2D eigenvalue weighted by Gasteiger charge is -2.32. The quantitative estimate of drug-likeness (QED) is 0.315. The molecule has 2 aliphatic rings. The van der Waals surface area contributed by atoms with Crippen molar-refractivity contribution < 1.29 is 37.7 Å². The van der Waals surface area contributed by atoms with Crippen molar-refractivity contribution in [2.75, 3.05) is 6.61 Å². The van der Waals surface area contributed by atoms with E-state index in [9.17, 15) is 28.2 Å². The van der Waals surface area contributed by atoms with Crippen molar-refractivity contribution in [3.05, 3.63) is 29.3 Å². The van der Waals surface area contributed by atoms with Crippen molar-refractivity contribution in [3.63, 3.8) is 0 Å². The first-order valence-electron chi connectivity index (χ1n) is 12.8. The van der Waals surface area contributed by atoms with Crippen molar-refractivity contribution >= 4 is 5.97 Å². The highest BCUT2D eigenvalue weighted by Gasteiger charge is 2.51. The number of carbonyl (C=O) groups excluding carboxylic acids is 1. The summed E-state index contributed by atoms with van der Waals surface area (Å²) in [5, 5.41) is 21.1. The monoisotopic (exact) mass is 500 g/mol. The minimum atomic E-state index is -4.67. The van der Waals surface area contributed by atoms with Crippen LogP contribution in [0.25, 0.3) is 0 Å². The van der Waals surface area contributed by atoms with Gasteiger partial charge in [-0.1, -0.05) is 38.3 Å². The lowest BCUT2D eigenvalue weighted by molar-refractivity contribution is -0.257. The first-order valence-corrected chi connectivity index (χ1v) is 12.8. The van der Waals surface area contributed by atoms with Crippen LogP contribution in [0.5, 0.6) is 5.75 Å². The number of aliphatic hydroxyl groups excluding tert-OH is 2. The van der Waals surface area contributed by atoms with Crippen LogP contribution in [0.2, 0.25) is 0 Å². The van der Waals surface area contributed by atoms with E-state index in [-0.39, 0.29) is 17.9 Å². The van der Waals surface area contributed by atoms with Crippen molar-refractivity contribution in [1.82, 2.24) is 0 Å². The molecule has 8 heteroatoms. The number of aliphatic hydroxyl groups is 2. The Morgan fingerprint density at radius 1 is 1.17 bits per heavy atom. The Morgan fingerprint density at radius 3 is 2.60 bits per heavy atom. The Bertz CT molecular complexity index is 854. The molecule has 1 fully saturated rings. The zero-order chi connectivity index (χ0) is 25.8.